The number of nitrogens with two attached hydrogens (primary N) is 1. The normalized spacial score (nSPS) is 11.7. The highest BCUT2D eigenvalue weighted by Gasteiger charge is 2.21. The molecule has 1 rings (SSSR count). The molecule has 18 heavy (non-hydrogen) atoms. The minimum absolute atomic E-state index is 0.0375. The van der Waals surface area contributed by atoms with E-state index in [0.29, 0.717) is 0 Å². The second-order valence-corrected chi connectivity index (χ2v) is 3.27. The fraction of sp³-hybridized carbons (Fsp3) is 0.300. The summed E-state index contributed by atoms with van der Waals surface area (Å²) in [5, 5.41) is 19.4. The van der Waals surface area contributed by atoms with E-state index in [0.717, 1.165) is 6.07 Å². The van der Waals surface area contributed by atoms with Crippen LogP contribution < -0.4 is 15.2 Å². The Morgan fingerprint density at radius 3 is 2.67 bits per heavy atom. The lowest BCUT2D eigenvalue weighted by Crippen LogP contribution is -2.34. The van der Waals surface area contributed by atoms with Gasteiger partial charge in [0.05, 0.1) is 18.1 Å². The second-order valence-electron chi connectivity index (χ2n) is 3.27. The Morgan fingerprint density at radius 1 is 1.56 bits per heavy atom. The van der Waals surface area contributed by atoms with Gasteiger partial charge in [0.15, 0.2) is 11.5 Å². The summed E-state index contributed by atoms with van der Waals surface area (Å²) >= 11 is 0. The zero-order valence-electron chi connectivity index (χ0n) is 9.53. The third kappa shape index (κ3) is 3.08. The number of carboxylic acid groups (broad SMARTS) is 1. The number of nitro groups is 1. The van der Waals surface area contributed by atoms with Crippen LogP contribution in [0, 0.1) is 10.1 Å². The van der Waals surface area contributed by atoms with Crippen LogP contribution in [0.2, 0.25) is 0 Å². The lowest BCUT2D eigenvalue weighted by Gasteiger charge is -2.15. The number of carboxylic acids is 1. The summed E-state index contributed by atoms with van der Waals surface area (Å²) in [6.07, 6.45) is -1.29. The zero-order valence-corrected chi connectivity index (χ0v) is 9.53. The summed E-state index contributed by atoms with van der Waals surface area (Å²) in [4.78, 5) is 20.8. The maximum absolute atomic E-state index is 10.8. The number of ether oxygens (including phenoxy) is 2. The monoisotopic (exact) mass is 256 g/mol. The van der Waals surface area contributed by atoms with Gasteiger partial charge in [0.25, 0.3) is 5.69 Å². The third-order valence-corrected chi connectivity index (χ3v) is 2.12. The largest absolute Gasteiger partial charge is 0.493 e. The molecule has 98 valence electrons. The predicted octanol–water partition coefficient (Wildman–Crippen LogP) is 0.394. The van der Waals surface area contributed by atoms with Gasteiger partial charge in [-0.1, -0.05) is 0 Å². The van der Waals surface area contributed by atoms with Crippen molar-refractivity contribution in [2.75, 3.05) is 13.7 Å². The fourth-order valence-electron chi connectivity index (χ4n) is 1.22. The average molecular weight is 256 g/mol. The molecular weight excluding hydrogens is 244 g/mol. The average Bonchev–Trinajstić information content (AvgIpc) is 2.35. The summed E-state index contributed by atoms with van der Waals surface area (Å²) in [5.41, 5.74) is 5.00. The number of aliphatic carboxylic acids is 1. The van der Waals surface area contributed by atoms with Gasteiger partial charge in [-0.2, -0.15) is 0 Å². The number of nitrogens with zero attached hydrogens (tertiary/aromatic N) is 1. The van der Waals surface area contributed by atoms with Crippen molar-refractivity contribution in [3.05, 3.63) is 28.3 Å². The van der Waals surface area contributed by atoms with Crippen molar-refractivity contribution in [2.45, 2.75) is 6.10 Å². The first-order valence-corrected chi connectivity index (χ1v) is 4.91. The van der Waals surface area contributed by atoms with Crippen molar-refractivity contribution in [3.63, 3.8) is 0 Å². The first-order valence-electron chi connectivity index (χ1n) is 4.91. The van der Waals surface area contributed by atoms with Gasteiger partial charge in [-0.25, -0.2) is 4.79 Å². The summed E-state index contributed by atoms with van der Waals surface area (Å²) in [6.45, 7) is -0.263. The van der Waals surface area contributed by atoms with Crippen molar-refractivity contribution >= 4 is 11.7 Å². The quantitative estimate of drug-likeness (QED) is 0.557. The van der Waals surface area contributed by atoms with Gasteiger partial charge < -0.3 is 20.3 Å². The summed E-state index contributed by atoms with van der Waals surface area (Å²) in [5.74, 6) is -1.10. The van der Waals surface area contributed by atoms with Gasteiger partial charge in [-0.3, -0.25) is 10.1 Å². The molecule has 0 aliphatic rings. The Balaban J connectivity index is 3.07. The molecule has 8 nitrogen and oxygen atoms in total. The maximum Gasteiger partial charge on any atom is 0.346 e. The molecule has 0 aliphatic heterocycles. The van der Waals surface area contributed by atoms with E-state index in [9.17, 15) is 14.9 Å². The molecule has 0 amide bonds. The molecule has 1 atom stereocenters. The third-order valence-electron chi connectivity index (χ3n) is 2.12. The van der Waals surface area contributed by atoms with Crippen LogP contribution in [0.15, 0.2) is 18.2 Å². The molecule has 1 aromatic carbocycles. The SMILES string of the molecule is COc1ccc([N+](=O)[O-])cc1OC(CN)C(=O)O. The van der Waals surface area contributed by atoms with Gasteiger partial charge in [-0.15, -0.1) is 0 Å². The Labute approximate surface area is 102 Å². The number of hydrogen-bond acceptors (Lipinski definition) is 6. The van der Waals surface area contributed by atoms with E-state index in [-0.39, 0.29) is 23.7 Å². The molecule has 0 heterocycles. The van der Waals surface area contributed by atoms with Crippen molar-refractivity contribution in [2.24, 2.45) is 5.73 Å². The summed E-state index contributed by atoms with van der Waals surface area (Å²) in [7, 11) is 1.34. The highest BCUT2D eigenvalue weighted by Crippen LogP contribution is 2.31. The van der Waals surface area contributed by atoms with Gasteiger partial charge in [0.2, 0.25) is 6.10 Å². The molecular formula is C10H12N2O6. The lowest BCUT2D eigenvalue weighted by molar-refractivity contribution is -0.385. The van der Waals surface area contributed by atoms with Crippen LogP contribution in [-0.2, 0) is 4.79 Å². The molecule has 0 saturated heterocycles. The van der Waals surface area contributed by atoms with E-state index < -0.39 is 17.0 Å². The predicted molar refractivity (Wildman–Crippen MR) is 60.8 cm³/mol. The van der Waals surface area contributed by atoms with Crippen molar-refractivity contribution < 1.29 is 24.3 Å². The van der Waals surface area contributed by atoms with Crippen LogP contribution in [0.4, 0.5) is 5.69 Å². The van der Waals surface area contributed by atoms with Crippen LogP contribution in [0.5, 0.6) is 11.5 Å². The fourth-order valence-corrected chi connectivity index (χ4v) is 1.22. The number of non-ortho nitro benzene ring substituents is 1. The van der Waals surface area contributed by atoms with E-state index in [4.69, 9.17) is 20.3 Å². The molecule has 3 N–H and O–H groups in total. The molecule has 0 saturated carbocycles. The maximum atomic E-state index is 10.8. The van der Waals surface area contributed by atoms with E-state index in [1.54, 1.807) is 0 Å². The Hall–Kier alpha value is -2.35. The molecule has 0 fully saturated rings. The molecule has 0 spiro atoms. The van der Waals surface area contributed by atoms with E-state index in [2.05, 4.69) is 0 Å². The summed E-state index contributed by atoms with van der Waals surface area (Å²) < 4.78 is 10.0. The van der Waals surface area contributed by atoms with Crippen LogP contribution in [-0.4, -0.2) is 35.8 Å². The van der Waals surface area contributed by atoms with E-state index in [1.807, 2.05) is 0 Å². The van der Waals surface area contributed by atoms with Gasteiger partial charge in [-0.05, 0) is 6.07 Å². The zero-order chi connectivity index (χ0) is 13.7. The van der Waals surface area contributed by atoms with E-state index >= 15 is 0 Å². The minimum Gasteiger partial charge on any atom is -0.493 e. The standard InChI is InChI=1S/C10H12N2O6/c1-17-7-3-2-6(12(15)16)4-8(7)18-9(5-11)10(13)14/h2-4,9H,5,11H2,1H3,(H,13,14). The first kappa shape index (κ1) is 13.7. The number of rotatable bonds is 6. The van der Waals surface area contributed by atoms with Crippen molar-refractivity contribution in [1.82, 2.24) is 0 Å². The smallest absolute Gasteiger partial charge is 0.346 e. The molecule has 0 aromatic heterocycles. The van der Waals surface area contributed by atoms with Gasteiger partial charge in [0, 0.05) is 12.6 Å². The molecule has 8 heteroatoms. The molecule has 0 bridgehead atoms. The van der Waals surface area contributed by atoms with Gasteiger partial charge >= 0.3 is 5.97 Å². The second kappa shape index (κ2) is 5.82. The lowest BCUT2D eigenvalue weighted by atomic mass is 10.2. The molecule has 1 unspecified atom stereocenters. The number of benzene rings is 1. The minimum atomic E-state index is -1.29. The Kier molecular flexibility index (Phi) is 4.44. The number of carbonyl (C=O) groups is 1. The highest BCUT2D eigenvalue weighted by molar-refractivity contribution is 5.73. The highest BCUT2D eigenvalue weighted by atomic mass is 16.6. The van der Waals surface area contributed by atoms with Crippen LogP contribution >= 0.6 is 0 Å². The van der Waals surface area contributed by atoms with E-state index in [1.165, 1.54) is 19.2 Å². The molecule has 1 aromatic rings. The van der Waals surface area contributed by atoms with Crippen LogP contribution in [0.1, 0.15) is 0 Å². The topological polar surface area (TPSA) is 125 Å². The summed E-state index contributed by atoms with van der Waals surface area (Å²) in [6, 6.07) is 3.64. The van der Waals surface area contributed by atoms with Crippen molar-refractivity contribution in [3.8, 4) is 11.5 Å². The first-order chi connectivity index (χ1) is 8.49. The number of methoxy groups -OCH3 is 1. The number of hydrogen-bond donors (Lipinski definition) is 2. The molecule has 0 radical (unpaired) electrons. The van der Waals surface area contributed by atoms with Crippen LogP contribution in [0.3, 0.4) is 0 Å². The molecule has 0 aliphatic carbocycles. The number of nitro benzene ring substituents is 1. The Morgan fingerprint density at radius 2 is 2.22 bits per heavy atom. The van der Waals surface area contributed by atoms with Crippen LogP contribution in [0.25, 0.3) is 0 Å². The van der Waals surface area contributed by atoms with Gasteiger partial charge in [0.1, 0.15) is 0 Å². The Bertz CT molecular complexity index is 462. The van der Waals surface area contributed by atoms with Crippen molar-refractivity contribution in [1.29, 1.82) is 0 Å².